The quantitative estimate of drug-likeness (QED) is 0.263. The lowest BCUT2D eigenvalue weighted by Gasteiger charge is -2.31. The Morgan fingerprint density at radius 1 is 1.02 bits per heavy atom. The zero-order valence-electron chi connectivity index (χ0n) is 23.0. The molecular formula is C31H35N5O5. The van der Waals surface area contributed by atoms with Crippen molar-refractivity contribution >= 4 is 28.9 Å². The van der Waals surface area contributed by atoms with E-state index in [2.05, 4.69) is 16.3 Å². The Hall–Kier alpha value is -4.28. The molecule has 3 aromatic rings. The lowest BCUT2D eigenvalue weighted by molar-refractivity contribution is -0.384. The average Bonchev–Trinajstić information content (AvgIpc) is 3.85. The van der Waals surface area contributed by atoms with Crippen LogP contribution >= 0.6 is 0 Å². The summed E-state index contributed by atoms with van der Waals surface area (Å²) in [7, 11) is 0. The fourth-order valence-corrected chi connectivity index (χ4v) is 5.03. The van der Waals surface area contributed by atoms with Crippen LogP contribution in [-0.4, -0.2) is 61.0 Å². The number of hydrogen-bond donors (Lipinski definition) is 2. The second kappa shape index (κ2) is 12.9. The maximum absolute atomic E-state index is 13.2. The Morgan fingerprint density at radius 3 is 2.44 bits per heavy atom. The van der Waals surface area contributed by atoms with E-state index in [0.29, 0.717) is 57.2 Å². The van der Waals surface area contributed by atoms with Gasteiger partial charge in [0.1, 0.15) is 0 Å². The molecule has 1 heterocycles. The molecule has 1 aliphatic heterocycles. The third-order valence-corrected chi connectivity index (χ3v) is 7.44. The van der Waals surface area contributed by atoms with E-state index in [9.17, 15) is 19.7 Å². The minimum atomic E-state index is -0.491. The number of nitrogens with two attached hydrogens (primary N) is 1. The first-order valence-corrected chi connectivity index (χ1v) is 14.0. The first kappa shape index (κ1) is 28.3. The molecule has 41 heavy (non-hydrogen) atoms. The molecule has 2 fully saturated rings. The van der Waals surface area contributed by atoms with E-state index >= 15 is 0 Å². The number of anilines is 2. The highest BCUT2D eigenvalue weighted by Gasteiger charge is 2.33. The first-order valence-electron chi connectivity index (χ1n) is 14.0. The lowest BCUT2D eigenvalue weighted by atomic mass is 10.0. The molecule has 1 saturated carbocycles. The molecule has 3 N–H and O–H groups in total. The number of nitro groups is 1. The predicted molar refractivity (Wildman–Crippen MR) is 158 cm³/mol. The van der Waals surface area contributed by atoms with Crippen LogP contribution in [0.4, 0.5) is 17.1 Å². The molecule has 10 nitrogen and oxygen atoms in total. The Kier molecular flexibility index (Phi) is 8.91. The van der Waals surface area contributed by atoms with E-state index in [1.807, 2.05) is 41.3 Å². The number of benzene rings is 3. The number of rotatable bonds is 11. The van der Waals surface area contributed by atoms with E-state index in [-0.39, 0.29) is 23.4 Å². The van der Waals surface area contributed by atoms with E-state index in [1.165, 1.54) is 24.3 Å². The summed E-state index contributed by atoms with van der Waals surface area (Å²) in [5.74, 6) is -0.00462. The predicted octanol–water partition coefficient (Wildman–Crippen LogP) is 4.44. The minimum absolute atomic E-state index is 0.0714. The molecule has 3 aromatic carbocycles. The topological polar surface area (TPSA) is 131 Å². The van der Waals surface area contributed by atoms with Crippen LogP contribution in [0, 0.1) is 16.0 Å². The molecule has 2 amide bonds. The van der Waals surface area contributed by atoms with E-state index < -0.39 is 4.92 Å². The molecule has 0 spiro atoms. The van der Waals surface area contributed by atoms with Gasteiger partial charge in [-0.15, -0.1) is 0 Å². The van der Waals surface area contributed by atoms with Crippen LogP contribution in [0.5, 0.6) is 0 Å². The summed E-state index contributed by atoms with van der Waals surface area (Å²) in [4.78, 5) is 40.7. The van der Waals surface area contributed by atoms with Crippen LogP contribution in [0.3, 0.4) is 0 Å². The Bertz CT molecular complexity index is 1400. The third-order valence-electron chi connectivity index (χ3n) is 7.44. The van der Waals surface area contributed by atoms with Gasteiger partial charge < -0.3 is 25.6 Å². The number of carbonyl (C=O) groups is 2. The van der Waals surface area contributed by atoms with Crippen LogP contribution in [0.2, 0.25) is 0 Å². The fourth-order valence-electron chi connectivity index (χ4n) is 5.03. The number of ether oxygens (including phenoxy) is 1. The number of amides is 2. The molecule has 0 radical (unpaired) electrons. The van der Waals surface area contributed by atoms with Crippen molar-refractivity contribution in [1.29, 1.82) is 0 Å². The standard InChI is InChI=1S/C31H35N5O5/c32-13-2-14-35(31(38)24-5-6-24)21-22-3-1-4-25(19-22)26-9-12-29(34-15-17-41-18-16-34)28(20-26)33-30(37)23-7-10-27(11-8-23)36(39)40/h1,3-4,7-12,19-20,24H,2,5-6,13-18,21,32H2,(H,33,37). The molecule has 1 aliphatic carbocycles. The van der Waals surface area contributed by atoms with Crippen molar-refractivity contribution < 1.29 is 19.2 Å². The lowest BCUT2D eigenvalue weighted by Crippen LogP contribution is -2.36. The molecule has 1 saturated heterocycles. The molecule has 0 unspecified atom stereocenters. The highest BCUT2D eigenvalue weighted by molar-refractivity contribution is 6.06. The molecular weight excluding hydrogens is 522 g/mol. The highest BCUT2D eigenvalue weighted by atomic mass is 16.6. The highest BCUT2D eigenvalue weighted by Crippen LogP contribution is 2.34. The van der Waals surface area contributed by atoms with Crippen LogP contribution < -0.4 is 16.0 Å². The molecule has 5 rings (SSSR count). The zero-order valence-corrected chi connectivity index (χ0v) is 23.0. The van der Waals surface area contributed by atoms with Crippen molar-refractivity contribution in [3.8, 4) is 11.1 Å². The van der Waals surface area contributed by atoms with Gasteiger partial charge in [-0.25, -0.2) is 0 Å². The van der Waals surface area contributed by atoms with Crippen molar-refractivity contribution in [2.45, 2.75) is 25.8 Å². The largest absolute Gasteiger partial charge is 0.378 e. The third kappa shape index (κ3) is 7.08. The number of nitro benzene ring substituents is 1. The van der Waals surface area contributed by atoms with Gasteiger partial charge in [0.15, 0.2) is 0 Å². The van der Waals surface area contributed by atoms with Gasteiger partial charge in [0, 0.05) is 49.8 Å². The van der Waals surface area contributed by atoms with Gasteiger partial charge in [0.2, 0.25) is 5.91 Å². The number of carbonyl (C=O) groups excluding carboxylic acids is 2. The Balaban J connectivity index is 1.41. The van der Waals surface area contributed by atoms with Crippen molar-refractivity contribution in [2.24, 2.45) is 11.7 Å². The van der Waals surface area contributed by atoms with Crippen molar-refractivity contribution in [3.05, 3.63) is 88.0 Å². The normalized spacial score (nSPS) is 14.9. The minimum Gasteiger partial charge on any atom is -0.378 e. The number of nitrogens with one attached hydrogen (secondary N) is 1. The van der Waals surface area contributed by atoms with E-state index in [0.717, 1.165) is 41.6 Å². The maximum atomic E-state index is 13.2. The summed E-state index contributed by atoms with van der Waals surface area (Å²) in [5.41, 5.74) is 10.4. The van der Waals surface area contributed by atoms with E-state index in [1.54, 1.807) is 0 Å². The fraction of sp³-hybridized carbons (Fsp3) is 0.355. The molecule has 214 valence electrons. The van der Waals surface area contributed by atoms with Crippen LogP contribution in [-0.2, 0) is 16.1 Å². The summed E-state index contributed by atoms with van der Waals surface area (Å²) < 4.78 is 5.52. The summed E-state index contributed by atoms with van der Waals surface area (Å²) >= 11 is 0. The van der Waals surface area contributed by atoms with Crippen molar-refractivity contribution in [2.75, 3.05) is 49.6 Å². The average molecular weight is 558 g/mol. The van der Waals surface area contributed by atoms with Crippen LogP contribution in [0.1, 0.15) is 35.2 Å². The van der Waals surface area contributed by atoms with Crippen molar-refractivity contribution in [1.82, 2.24) is 4.90 Å². The second-order valence-corrected chi connectivity index (χ2v) is 10.5. The zero-order chi connectivity index (χ0) is 28.8. The number of non-ortho nitro benzene ring substituents is 1. The summed E-state index contributed by atoms with van der Waals surface area (Å²) in [5, 5.41) is 14.1. The van der Waals surface area contributed by atoms with Gasteiger partial charge in [-0.1, -0.05) is 24.3 Å². The molecule has 0 bridgehead atoms. The molecule has 0 aromatic heterocycles. The van der Waals surface area contributed by atoms with Gasteiger partial charge >= 0.3 is 0 Å². The van der Waals surface area contributed by atoms with Gasteiger partial charge in [0.05, 0.1) is 29.5 Å². The van der Waals surface area contributed by atoms with Crippen LogP contribution in [0.25, 0.3) is 11.1 Å². The van der Waals surface area contributed by atoms with Gasteiger partial charge in [-0.2, -0.15) is 0 Å². The summed E-state index contributed by atoms with van der Waals surface area (Å²) in [6.07, 6.45) is 2.68. The maximum Gasteiger partial charge on any atom is 0.269 e. The SMILES string of the molecule is NCCCN(Cc1cccc(-c2ccc(N3CCOCC3)c(NC(=O)c3ccc([N+](=O)[O-])cc3)c2)c1)C(=O)C1CC1. The molecule has 0 atom stereocenters. The van der Waals surface area contributed by atoms with Crippen LogP contribution in [0.15, 0.2) is 66.7 Å². The monoisotopic (exact) mass is 557 g/mol. The van der Waals surface area contributed by atoms with Gasteiger partial charge in [-0.3, -0.25) is 19.7 Å². The first-order chi connectivity index (χ1) is 19.9. The smallest absolute Gasteiger partial charge is 0.269 e. The Labute approximate surface area is 239 Å². The summed E-state index contributed by atoms with van der Waals surface area (Å²) in [6, 6.07) is 19.7. The molecule has 10 heteroatoms. The number of nitrogens with zero attached hydrogens (tertiary/aromatic N) is 3. The number of hydrogen-bond acceptors (Lipinski definition) is 7. The van der Waals surface area contributed by atoms with Crippen molar-refractivity contribution in [3.63, 3.8) is 0 Å². The Morgan fingerprint density at radius 2 is 1.76 bits per heavy atom. The second-order valence-electron chi connectivity index (χ2n) is 10.5. The van der Waals surface area contributed by atoms with Gasteiger partial charge in [-0.05, 0) is 72.8 Å². The molecule has 2 aliphatic rings. The number of morpholine rings is 1. The van der Waals surface area contributed by atoms with Gasteiger partial charge in [0.25, 0.3) is 11.6 Å². The summed E-state index contributed by atoms with van der Waals surface area (Å²) in [6.45, 7) is 4.30. The van der Waals surface area contributed by atoms with E-state index in [4.69, 9.17) is 10.5 Å².